The van der Waals surface area contributed by atoms with Gasteiger partial charge in [-0.3, -0.25) is 4.98 Å². The van der Waals surface area contributed by atoms with Crippen LogP contribution in [0, 0.1) is 0 Å². The number of nitrogens with one attached hydrogen (secondary N) is 1. The van der Waals surface area contributed by atoms with Crippen LogP contribution < -0.4 is 5.32 Å². The lowest BCUT2D eigenvalue weighted by molar-refractivity contribution is -0.150. The molecule has 0 radical (unpaired) electrons. The van der Waals surface area contributed by atoms with Crippen LogP contribution in [0.1, 0.15) is 31.7 Å². The lowest BCUT2D eigenvalue weighted by Crippen LogP contribution is -2.59. The van der Waals surface area contributed by atoms with Crippen molar-refractivity contribution in [3.63, 3.8) is 0 Å². The van der Waals surface area contributed by atoms with Crippen LogP contribution in [-0.4, -0.2) is 39.1 Å². The van der Waals surface area contributed by atoms with Gasteiger partial charge in [0.25, 0.3) is 0 Å². The van der Waals surface area contributed by atoms with Gasteiger partial charge in [0.2, 0.25) is 0 Å². The average molecular weight is 277 g/mol. The van der Waals surface area contributed by atoms with Crippen molar-refractivity contribution in [2.75, 3.05) is 6.54 Å². The fourth-order valence-corrected chi connectivity index (χ4v) is 2.44. The number of aliphatic carboxylic acids is 1. The lowest BCUT2D eigenvalue weighted by Gasteiger charge is -2.41. The molecule has 1 unspecified atom stereocenters. The Balaban J connectivity index is 2.02. The van der Waals surface area contributed by atoms with Crippen LogP contribution in [0.15, 0.2) is 24.5 Å². The van der Waals surface area contributed by atoms with Gasteiger partial charge < -0.3 is 15.3 Å². The zero-order chi connectivity index (χ0) is 14.6. The van der Waals surface area contributed by atoms with Gasteiger partial charge in [-0.2, -0.15) is 0 Å². The molecular formula is C14H19N3O3. The molecule has 6 heteroatoms. The summed E-state index contributed by atoms with van der Waals surface area (Å²) >= 11 is 0. The molecule has 108 valence electrons. The molecule has 1 aliphatic heterocycles. The first kappa shape index (κ1) is 14.3. The molecule has 0 aliphatic carbocycles. The highest BCUT2D eigenvalue weighted by molar-refractivity contribution is 5.86. The summed E-state index contributed by atoms with van der Waals surface area (Å²) in [6, 6.07) is 3.30. The normalized spacial score (nSPS) is 22.4. The maximum Gasteiger partial charge on any atom is 0.329 e. The van der Waals surface area contributed by atoms with Gasteiger partial charge in [-0.25, -0.2) is 9.59 Å². The van der Waals surface area contributed by atoms with E-state index in [2.05, 4.69) is 10.3 Å². The number of hydrogen-bond acceptors (Lipinski definition) is 3. The number of carbonyl (C=O) groups is 2. The van der Waals surface area contributed by atoms with Crippen molar-refractivity contribution < 1.29 is 14.7 Å². The zero-order valence-electron chi connectivity index (χ0n) is 11.5. The smallest absolute Gasteiger partial charge is 0.329 e. The van der Waals surface area contributed by atoms with Crippen molar-refractivity contribution in [2.45, 2.75) is 38.3 Å². The number of urea groups is 1. The summed E-state index contributed by atoms with van der Waals surface area (Å²) in [5.41, 5.74) is -0.178. The van der Waals surface area contributed by atoms with Crippen molar-refractivity contribution in [3.05, 3.63) is 30.1 Å². The van der Waals surface area contributed by atoms with E-state index >= 15 is 0 Å². The Morgan fingerprint density at radius 1 is 1.40 bits per heavy atom. The Morgan fingerprint density at radius 2 is 2.10 bits per heavy atom. The summed E-state index contributed by atoms with van der Waals surface area (Å²) in [5.74, 6) is -0.948. The van der Waals surface area contributed by atoms with Crippen molar-refractivity contribution in [1.29, 1.82) is 0 Å². The van der Waals surface area contributed by atoms with Crippen molar-refractivity contribution in [1.82, 2.24) is 15.2 Å². The second kappa shape index (κ2) is 5.90. The van der Waals surface area contributed by atoms with Crippen molar-refractivity contribution in [2.24, 2.45) is 0 Å². The molecule has 1 aromatic heterocycles. The highest BCUT2D eigenvalue weighted by Crippen LogP contribution is 2.28. The lowest BCUT2D eigenvalue weighted by atomic mass is 9.89. The number of pyridine rings is 1. The molecule has 1 aromatic rings. The molecule has 1 saturated heterocycles. The maximum absolute atomic E-state index is 12.2. The molecule has 2 heterocycles. The summed E-state index contributed by atoms with van der Waals surface area (Å²) in [4.78, 5) is 29.0. The monoisotopic (exact) mass is 277 g/mol. The van der Waals surface area contributed by atoms with Gasteiger partial charge in [0.05, 0.1) is 0 Å². The van der Waals surface area contributed by atoms with Crippen molar-refractivity contribution in [3.8, 4) is 0 Å². The van der Waals surface area contributed by atoms with Crippen LogP contribution in [-0.2, 0) is 11.3 Å². The van der Waals surface area contributed by atoms with Crippen LogP contribution in [0.2, 0.25) is 0 Å². The quantitative estimate of drug-likeness (QED) is 0.879. The minimum absolute atomic E-state index is 0.327. The van der Waals surface area contributed by atoms with E-state index in [9.17, 15) is 14.7 Å². The number of piperidine rings is 1. The fourth-order valence-electron chi connectivity index (χ4n) is 2.44. The van der Waals surface area contributed by atoms with Gasteiger partial charge in [-0.1, -0.05) is 0 Å². The van der Waals surface area contributed by atoms with Crippen molar-refractivity contribution >= 4 is 12.0 Å². The van der Waals surface area contributed by atoms with Gasteiger partial charge >= 0.3 is 12.0 Å². The Morgan fingerprint density at radius 3 is 2.75 bits per heavy atom. The first-order valence-electron chi connectivity index (χ1n) is 6.72. The number of nitrogens with zero attached hydrogens (tertiary/aromatic N) is 2. The Hall–Kier alpha value is -2.11. The first-order chi connectivity index (χ1) is 9.54. The molecule has 1 atom stereocenters. The number of carboxylic acids is 1. The SMILES string of the molecule is CC1(C(=O)O)CCCCN1C(=O)NCc1ccncc1. The third kappa shape index (κ3) is 2.89. The van der Waals surface area contributed by atoms with Crippen LogP contribution in [0.3, 0.4) is 0 Å². The Bertz CT molecular complexity index is 492. The second-order valence-electron chi connectivity index (χ2n) is 5.20. The Kier molecular flexibility index (Phi) is 4.22. The van der Waals surface area contributed by atoms with E-state index in [0.29, 0.717) is 19.5 Å². The number of rotatable bonds is 3. The first-order valence-corrected chi connectivity index (χ1v) is 6.72. The van der Waals surface area contributed by atoms with Crippen LogP contribution in [0.4, 0.5) is 4.79 Å². The van der Waals surface area contributed by atoms with E-state index in [1.54, 1.807) is 19.3 Å². The zero-order valence-corrected chi connectivity index (χ0v) is 11.5. The Labute approximate surface area is 117 Å². The molecule has 6 nitrogen and oxygen atoms in total. The minimum atomic E-state index is -1.11. The second-order valence-corrected chi connectivity index (χ2v) is 5.20. The number of aromatic nitrogens is 1. The number of amides is 2. The van der Waals surface area contributed by atoms with E-state index < -0.39 is 11.5 Å². The molecular weight excluding hydrogens is 258 g/mol. The molecule has 20 heavy (non-hydrogen) atoms. The molecule has 1 fully saturated rings. The molecule has 2 amide bonds. The summed E-state index contributed by atoms with van der Waals surface area (Å²) in [6.07, 6.45) is 5.47. The standard InChI is InChI=1S/C14H19N3O3/c1-14(12(18)19)6-2-3-9-17(14)13(20)16-10-11-4-7-15-8-5-11/h4-5,7-8H,2-3,6,9-10H2,1H3,(H,16,20)(H,18,19). The third-order valence-electron chi connectivity index (χ3n) is 3.79. The van der Waals surface area contributed by atoms with E-state index in [-0.39, 0.29) is 6.03 Å². The minimum Gasteiger partial charge on any atom is -0.480 e. The summed E-state index contributed by atoms with van der Waals surface area (Å²) in [6.45, 7) is 2.46. The van der Waals surface area contributed by atoms with Crippen LogP contribution in [0.5, 0.6) is 0 Å². The summed E-state index contributed by atoms with van der Waals surface area (Å²) < 4.78 is 0. The average Bonchev–Trinajstić information content (AvgIpc) is 2.46. The molecule has 0 saturated carbocycles. The number of carbonyl (C=O) groups excluding carboxylic acids is 1. The van der Waals surface area contributed by atoms with E-state index in [0.717, 1.165) is 18.4 Å². The van der Waals surface area contributed by atoms with Crippen LogP contribution >= 0.6 is 0 Å². The van der Waals surface area contributed by atoms with E-state index in [1.807, 2.05) is 12.1 Å². The molecule has 2 N–H and O–H groups in total. The van der Waals surface area contributed by atoms with E-state index in [4.69, 9.17) is 0 Å². The molecule has 1 aliphatic rings. The predicted octanol–water partition coefficient (Wildman–Crippen LogP) is 1.62. The molecule has 0 bridgehead atoms. The maximum atomic E-state index is 12.2. The third-order valence-corrected chi connectivity index (χ3v) is 3.79. The number of carboxylic acid groups (broad SMARTS) is 1. The topological polar surface area (TPSA) is 82.5 Å². The van der Waals surface area contributed by atoms with Gasteiger partial charge in [-0.05, 0) is 43.9 Å². The predicted molar refractivity (Wildman–Crippen MR) is 73.1 cm³/mol. The fraction of sp³-hybridized carbons (Fsp3) is 0.500. The van der Waals surface area contributed by atoms with Crippen LogP contribution in [0.25, 0.3) is 0 Å². The molecule has 0 aromatic carbocycles. The largest absolute Gasteiger partial charge is 0.480 e. The number of hydrogen-bond donors (Lipinski definition) is 2. The summed E-state index contributed by atoms with van der Waals surface area (Å²) in [7, 11) is 0. The molecule has 2 rings (SSSR count). The highest BCUT2D eigenvalue weighted by atomic mass is 16.4. The van der Waals surface area contributed by atoms with Gasteiger partial charge in [0.15, 0.2) is 0 Å². The van der Waals surface area contributed by atoms with E-state index in [1.165, 1.54) is 4.90 Å². The molecule has 0 spiro atoms. The van der Waals surface area contributed by atoms with Gasteiger partial charge in [0, 0.05) is 25.5 Å². The highest BCUT2D eigenvalue weighted by Gasteiger charge is 2.43. The van der Waals surface area contributed by atoms with Gasteiger partial charge in [0.1, 0.15) is 5.54 Å². The van der Waals surface area contributed by atoms with Gasteiger partial charge in [-0.15, -0.1) is 0 Å². The number of likely N-dealkylation sites (tertiary alicyclic amines) is 1. The summed E-state index contributed by atoms with van der Waals surface area (Å²) in [5, 5.41) is 12.1.